The highest BCUT2D eigenvalue weighted by Crippen LogP contribution is 2.54. The summed E-state index contributed by atoms with van der Waals surface area (Å²) in [6.07, 6.45) is 1.48. The molecule has 5 nitrogen and oxygen atoms in total. The van der Waals surface area contributed by atoms with E-state index < -0.39 is 4.87 Å². The first-order chi connectivity index (χ1) is 13.7. The lowest BCUT2D eigenvalue weighted by atomic mass is 10.1. The molecule has 5 rings (SSSR count). The van der Waals surface area contributed by atoms with E-state index in [2.05, 4.69) is 0 Å². The zero-order valence-corrected chi connectivity index (χ0v) is 15.9. The van der Waals surface area contributed by atoms with E-state index in [9.17, 15) is 9.59 Å². The van der Waals surface area contributed by atoms with Crippen LogP contribution in [0.4, 0.5) is 5.69 Å². The van der Waals surface area contributed by atoms with Crippen LogP contribution in [-0.2, 0) is 16.2 Å². The van der Waals surface area contributed by atoms with Crippen LogP contribution >= 0.6 is 11.8 Å². The molecule has 2 aliphatic rings. The average molecular weight is 390 g/mol. The maximum Gasteiger partial charge on any atom is 0.291 e. The summed E-state index contributed by atoms with van der Waals surface area (Å²) in [7, 11) is 0. The fourth-order valence-electron chi connectivity index (χ4n) is 4.02. The lowest BCUT2D eigenvalue weighted by Gasteiger charge is -2.32. The third-order valence-electron chi connectivity index (χ3n) is 5.26. The van der Waals surface area contributed by atoms with Gasteiger partial charge in [0.05, 0.1) is 18.5 Å². The predicted molar refractivity (Wildman–Crippen MR) is 108 cm³/mol. The molecular weight excluding hydrogens is 372 g/mol. The summed E-state index contributed by atoms with van der Waals surface area (Å²) in [5, 5.41) is 0. The highest BCUT2D eigenvalue weighted by molar-refractivity contribution is 8.01. The number of furan rings is 1. The molecule has 0 unspecified atom stereocenters. The van der Waals surface area contributed by atoms with Gasteiger partial charge >= 0.3 is 0 Å². The van der Waals surface area contributed by atoms with Crippen LogP contribution in [0.25, 0.3) is 0 Å². The van der Waals surface area contributed by atoms with Crippen molar-refractivity contribution in [2.75, 3.05) is 17.2 Å². The van der Waals surface area contributed by atoms with Gasteiger partial charge in [-0.3, -0.25) is 9.59 Å². The van der Waals surface area contributed by atoms with Gasteiger partial charge in [0.1, 0.15) is 0 Å². The van der Waals surface area contributed by atoms with Crippen LogP contribution in [0.3, 0.4) is 0 Å². The Bertz CT molecular complexity index is 1030. The van der Waals surface area contributed by atoms with Crippen LogP contribution in [0.1, 0.15) is 21.7 Å². The second-order valence-electron chi connectivity index (χ2n) is 6.82. The van der Waals surface area contributed by atoms with E-state index in [1.54, 1.807) is 21.9 Å². The second-order valence-corrected chi connectivity index (χ2v) is 8.11. The van der Waals surface area contributed by atoms with Crippen molar-refractivity contribution in [1.82, 2.24) is 4.90 Å². The SMILES string of the molecule is O=C(c1ccco1)N1CCS[C@]12C(=O)N(Cc1ccccc1)c1ccccc12. The summed E-state index contributed by atoms with van der Waals surface area (Å²) in [6, 6.07) is 21.0. The highest BCUT2D eigenvalue weighted by Gasteiger charge is 2.59. The van der Waals surface area contributed by atoms with Gasteiger partial charge in [0.15, 0.2) is 10.6 Å². The maximum absolute atomic E-state index is 13.8. The van der Waals surface area contributed by atoms with Crippen LogP contribution in [0.5, 0.6) is 0 Å². The number of carbonyl (C=O) groups excluding carboxylic acids is 2. The van der Waals surface area contributed by atoms with Gasteiger partial charge in [0, 0.05) is 17.9 Å². The molecule has 6 heteroatoms. The molecule has 0 aliphatic carbocycles. The van der Waals surface area contributed by atoms with Gasteiger partial charge in [0.2, 0.25) is 0 Å². The summed E-state index contributed by atoms with van der Waals surface area (Å²) >= 11 is 1.52. The van der Waals surface area contributed by atoms with Crippen molar-refractivity contribution in [3.8, 4) is 0 Å². The van der Waals surface area contributed by atoms with Crippen LogP contribution in [0.15, 0.2) is 77.4 Å². The van der Waals surface area contributed by atoms with Crippen LogP contribution in [-0.4, -0.2) is 29.0 Å². The molecule has 0 radical (unpaired) electrons. The lowest BCUT2D eigenvalue weighted by Crippen LogP contribution is -2.50. The van der Waals surface area contributed by atoms with Crippen molar-refractivity contribution in [2.45, 2.75) is 11.4 Å². The number of carbonyl (C=O) groups is 2. The molecule has 1 aromatic heterocycles. The Morgan fingerprint density at radius 2 is 1.82 bits per heavy atom. The number of fused-ring (bicyclic) bond motifs is 2. The summed E-state index contributed by atoms with van der Waals surface area (Å²) in [5.74, 6) is 0.638. The van der Waals surface area contributed by atoms with E-state index in [1.807, 2.05) is 54.6 Å². The maximum atomic E-state index is 13.8. The van der Waals surface area contributed by atoms with Crippen molar-refractivity contribution in [3.05, 3.63) is 89.9 Å². The standard InChI is InChI=1S/C22H18N2O3S/c25-20(19-11-6-13-27-19)24-12-14-28-22(24)17-9-4-5-10-18(17)23(21(22)26)15-16-7-2-1-3-8-16/h1-11,13H,12,14-15H2/t22-/m1/s1. The first-order valence-corrected chi connectivity index (χ1v) is 10.2. The third-order valence-corrected chi connectivity index (χ3v) is 6.68. The molecule has 1 fully saturated rings. The van der Waals surface area contributed by atoms with Crippen LogP contribution < -0.4 is 4.90 Å². The zero-order chi connectivity index (χ0) is 19.1. The van der Waals surface area contributed by atoms with E-state index in [1.165, 1.54) is 18.0 Å². The highest BCUT2D eigenvalue weighted by atomic mass is 32.2. The van der Waals surface area contributed by atoms with Gasteiger partial charge < -0.3 is 14.2 Å². The van der Waals surface area contributed by atoms with Crippen molar-refractivity contribution in [3.63, 3.8) is 0 Å². The Balaban J connectivity index is 1.59. The van der Waals surface area contributed by atoms with E-state index in [0.29, 0.717) is 18.8 Å². The van der Waals surface area contributed by atoms with Gasteiger partial charge in [0.25, 0.3) is 11.8 Å². The molecule has 1 spiro atoms. The fraction of sp³-hybridized carbons (Fsp3) is 0.182. The van der Waals surface area contributed by atoms with Crippen molar-refractivity contribution < 1.29 is 14.0 Å². The molecule has 2 aliphatic heterocycles. The minimum absolute atomic E-state index is 0.0695. The smallest absolute Gasteiger partial charge is 0.291 e. The van der Waals surface area contributed by atoms with Crippen molar-refractivity contribution in [1.29, 1.82) is 0 Å². The number of nitrogens with zero attached hydrogens (tertiary/aromatic N) is 2. The van der Waals surface area contributed by atoms with E-state index in [-0.39, 0.29) is 17.6 Å². The number of benzene rings is 2. The fourth-order valence-corrected chi connectivity index (χ4v) is 5.49. The van der Waals surface area contributed by atoms with E-state index >= 15 is 0 Å². The number of anilines is 1. The Morgan fingerprint density at radius 1 is 1.04 bits per heavy atom. The normalized spacial score (nSPS) is 20.8. The summed E-state index contributed by atoms with van der Waals surface area (Å²) in [5.41, 5.74) is 2.79. The molecule has 1 saturated heterocycles. The Labute approximate surface area is 166 Å². The molecule has 0 N–H and O–H groups in total. The van der Waals surface area contributed by atoms with Gasteiger partial charge in [-0.1, -0.05) is 48.5 Å². The third kappa shape index (κ3) is 2.41. The summed E-state index contributed by atoms with van der Waals surface area (Å²) in [4.78, 5) is 29.3. The molecular formula is C22H18N2O3S. The van der Waals surface area contributed by atoms with Crippen molar-refractivity contribution in [2.24, 2.45) is 0 Å². The van der Waals surface area contributed by atoms with Gasteiger partial charge in [-0.25, -0.2) is 0 Å². The molecule has 3 heterocycles. The molecule has 140 valence electrons. The minimum atomic E-state index is -1.03. The number of rotatable bonds is 3. The molecule has 2 aromatic carbocycles. The quantitative estimate of drug-likeness (QED) is 0.681. The summed E-state index contributed by atoms with van der Waals surface area (Å²) in [6.45, 7) is 0.977. The first kappa shape index (κ1) is 17.1. The Morgan fingerprint density at radius 3 is 2.61 bits per heavy atom. The Kier molecular flexibility index (Phi) is 4.02. The van der Waals surface area contributed by atoms with E-state index in [4.69, 9.17) is 4.42 Å². The molecule has 2 amide bonds. The van der Waals surface area contributed by atoms with Crippen LogP contribution in [0.2, 0.25) is 0 Å². The molecule has 3 aromatic rings. The molecule has 28 heavy (non-hydrogen) atoms. The lowest BCUT2D eigenvalue weighted by molar-refractivity contribution is -0.123. The molecule has 0 saturated carbocycles. The van der Waals surface area contributed by atoms with Crippen molar-refractivity contribution >= 4 is 29.3 Å². The van der Waals surface area contributed by atoms with Gasteiger partial charge in [-0.2, -0.15) is 0 Å². The molecule has 1 atom stereocenters. The second kappa shape index (κ2) is 6.56. The first-order valence-electron chi connectivity index (χ1n) is 9.16. The van der Waals surface area contributed by atoms with E-state index in [0.717, 1.165) is 16.8 Å². The number of para-hydroxylation sites is 1. The topological polar surface area (TPSA) is 53.8 Å². The summed E-state index contributed by atoms with van der Waals surface area (Å²) < 4.78 is 5.33. The average Bonchev–Trinajstić information content (AvgIpc) is 3.46. The number of hydrogen-bond acceptors (Lipinski definition) is 4. The molecule has 0 bridgehead atoms. The minimum Gasteiger partial charge on any atom is -0.459 e. The van der Waals surface area contributed by atoms with Crippen LogP contribution in [0, 0.1) is 0 Å². The van der Waals surface area contributed by atoms with Gasteiger partial charge in [-0.15, -0.1) is 11.8 Å². The monoisotopic (exact) mass is 390 g/mol. The number of amides is 2. The Hall–Kier alpha value is -2.99. The van der Waals surface area contributed by atoms with Gasteiger partial charge in [-0.05, 0) is 23.8 Å². The zero-order valence-electron chi connectivity index (χ0n) is 15.1. The number of thioether (sulfide) groups is 1. The predicted octanol–water partition coefficient (Wildman–Crippen LogP) is 3.87. The number of hydrogen-bond donors (Lipinski definition) is 0. The largest absolute Gasteiger partial charge is 0.459 e.